The van der Waals surface area contributed by atoms with Gasteiger partial charge in [-0.3, -0.25) is 9.36 Å². The predicted octanol–water partition coefficient (Wildman–Crippen LogP) is -1.51. The topological polar surface area (TPSA) is 133 Å². The van der Waals surface area contributed by atoms with Gasteiger partial charge in [0.2, 0.25) is 0 Å². The molecule has 0 radical (unpaired) electrons. The van der Waals surface area contributed by atoms with Crippen molar-refractivity contribution in [3.8, 4) is 0 Å². The monoisotopic (exact) mass is 346 g/mol. The average Bonchev–Trinajstić information content (AvgIpc) is 2.90. The van der Waals surface area contributed by atoms with Gasteiger partial charge in [0.05, 0.1) is 12.9 Å². The molecule has 0 aromatic carbocycles. The van der Waals surface area contributed by atoms with Crippen molar-refractivity contribution in [1.82, 2.24) is 19.5 Å². The lowest BCUT2D eigenvalue weighted by Gasteiger charge is -2.17. The van der Waals surface area contributed by atoms with Gasteiger partial charge in [-0.05, 0) is 15.9 Å². The molecule has 3 rings (SSSR count). The van der Waals surface area contributed by atoms with Crippen LogP contribution in [0.1, 0.15) is 6.23 Å². The van der Waals surface area contributed by atoms with E-state index in [0.29, 0.717) is 0 Å². The molecule has 1 aliphatic heterocycles. The van der Waals surface area contributed by atoms with Crippen molar-refractivity contribution in [1.29, 1.82) is 0 Å². The standard InChI is InChI=1S/C10H11BrN4O5/c11-10-14-4-7(12-2-13-8(4)19)15(10)9-6(18)5(17)3(1-16)20-9/h2-3,5-6,9,16-18H,1H2,(H,12,13,19)/t3-,5+,6-,9-/m0/s1. The van der Waals surface area contributed by atoms with Crippen LogP contribution in [0.2, 0.25) is 0 Å². The number of hydrogen-bond donors (Lipinski definition) is 4. The Bertz CT molecular complexity index is 701. The number of ether oxygens (including phenoxy) is 1. The van der Waals surface area contributed by atoms with Gasteiger partial charge in [-0.25, -0.2) is 9.97 Å². The fraction of sp³-hybridized carbons (Fsp3) is 0.500. The number of aromatic nitrogens is 4. The van der Waals surface area contributed by atoms with E-state index in [9.17, 15) is 15.0 Å². The van der Waals surface area contributed by atoms with Gasteiger partial charge in [0, 0.05) is 0 Å². The number of hydrogen-bond acceptors (Lipinski definition) is 7. The Kier molecular flexibility index (Phi) is 3.34. The smallest absolute Gasteiger partial charge is 0.278 e. The van der Waals surface area contributed by atoms with Crippen molar-refractivity contribution in [2.24, 2.45) is 0 Å². The Morgan fingerprint density at radius 1 is 1.45 bits per heavy atom. The maximum absolute atomic E-state index is 11.6. The van der Waals surface area contributed by atoms with Crippen LogP contribution in [0.3, 0.4) is 0 Å². The highest BCUT2D eigenvalue weighted by Crippen LogP contribution is 2.33. The fourth-order valence-electron chi connectivity index (χ4n) is 2.21. The first kappa shape index (κ1) is 13.6. The summed E-state index contributed by atoms with van der Waals surface area (Å²) >= 11 is 3.17. The molecule has 0 spiro atoms. The summed E-state index contributed by atoms with van der Waals surface area (Å²) in [5, 5.41) is 28.9. The molecule has 0 unspecified atom stereocenters. The zero-order valence-corrected chi connectivity index (χ0v) is 11.6. The molecule has 3 heterocycles. The van der Waals surface area contributed by atoms with Crippen molar-refractivity contribution in [3.05, 3.63) is 21.4 Å². The quantitative estimate of drug-likeness (QED) is 0.486. The molecule has 1 aliphatic rings. The van der Waals surface area contributed by atoms with E-state index >= 15 is 0 Å². The normalized spacial score (nSPS) is 30.2. The molecule has 0 amide bonds. The molecule has 1 fully saturated rings. The number of aliphatic hydroxyl groups is 3. The molecule has 10 heteroatoms. The van der Waals surface area contributed by atoms with E-state index in [1.54, 1.807) is 0 Å². The summed E-state index contributed by atoms with van der Waals surface area (Å²) in [6.07, 6.45) is -3.23. The molecule has 0 aliphatic carbocycles. The molecule has 0 saturated carbocycles. The Balaban J connectivity index is 2.14. The lowest BCUT2D eigenvalue weighted by atomic mass is 10.1. The summed E-state index contributed by atoms with van der Waals surface area (Å²) < 4.78 is 6.98. The number of rotatable bonds is 2. The number of halogens is 1. The van der Waals surface area contributed by atoms with Crippen LogP contribution < -0.4 is 5.56 Å². The van der Waals surface area contributed by atoms with Gasteiger partial charge in [0.25, 0.3) is 5.56 Å². The third-order valence-electron chi connectivity index (χ3n) is 3.21. The van der Waals surface area contributed by atoms with E-state index in [2.05, 4.69) is 30.9 Å². The summed E-state index contributed by atoms with van der Waals surface area (Å²) in [6, 6.07) is 0. The Morgan fingerprint density at radius 3 is 2.85 bits per heavy atom. The molecule has 0 bridgehead atoms. The summed E-state index contributed by atoms with van der Waals surface area (Å²) in [4.78, 5) is 22.0. The van der Waals surface area contributed by atoms with Gasteiger partial charge in [-0.2, -0.15) is 0 Å². The van der Waals surface area contributed by atoms with Crippen LogP contribution in [0, 0.1) is 0 Å². The van der Waals surface area contributed by atoms with Gasteiger partial charge >= 0.3 is 0 Å². The van der Waals surface area contributed by atoms with E-state index in [1.165, 1.54) is 10.9 Å². The minimum atomic E-state index is -1.28. The second-order valence-electron chi connectivity index (χ2n) is 4.38. The van der Waals surface area contributed by atoms with Crippen LogP contribution in [0.15, 0.2) is 15.9 Å². The van der Waals surface area contributed by atoms with Crippen molar-refractivity contribution >= 4 is 27.1 Å². The molecule has 2 aromatic rings. The van der Waals surface area contributed by atoms with E-state index < -0.39 is 36.7 Å². The van der Waals surface area contributed by atoms with Gasteiger partial charge in [0.15, 0.2) is 22.1 Å². The Labute approximate surface area is 120 Å². The van der Waals surface area contributed by atoms with Gasteiger partial charge in [-0.1, -0.05) is 0 Å². The average molecular weight is 347 g/mol. The second kappa shape index (κ2) is 4.90. The minimum Gasteiger partial charge on any atom is -0.394 e. The molecular formula is C10H11BrN4O5. The minimum absolute atomic E-state index is 0.0807. The number of H-pyrrole nitrogens is 1. The number of aromatic amines is 1. The molecule has 108 valence electrons. The molecule has 9 nitrogen and oxygen atoms in total. The van der Waals surface area contributed by atoms with Crippen LogP contribution in [-0.4, -0.2) is 59.8 Å². The highest BCUT2D eigenvalue weighted by molar-refractivity contribution is 9.10. The lowest BCUT2D eigenvalue weighted by Crippen LogP contribution is -2.33. The number of aliphatic hydroxyl groups excluding tert-OH is 3. The van der Waals surface area contributed by atoms with E-state index in [4.69, 9.17) is 9.84 Å². The van der Waals surface area contributed by atoms with Gasteiger partial charge in [-0.15, -0.1) is 0 Å². The SMILES string of the molecule is O=c1[nH]cnc2c1nc(Br)n2[C@H]1O[C@@H](CO)[C@@H](O)[C@@H]1O. The number of nitrogens with one attached hydrogen (secondary N) is 1. The molecular weight excluding hydrogens is 336 g/mol. The van der Waals surface area contributed by atoms with Crippen LogP contribution in [-0.2, 0) is 4.74 Å². The third-order valence-corrected chi connectivity index (χ3v) is 3.77. The summed E-state index contributed by atoms with van der Waals surface area (Å²) in [5.74, 6) is 0. The molecule has 4 N–H and O–H groups in total. The fourth-order valence-corrected chi connectivity index (χ4v) is 2.76. The Morgan fingerprint density at radius 2 is 2.20 bits per heavy atom. The highest BCUT2D eigenvalue weighted by Gasteiger charge is 2.44. The van der Waals surface area contributed by atoms with Crippen LogP contribution in [0.5, 0.6) is 0 Å². The number of imidazole rings is 1. The Hall–Kier alpha value is -1.33. The van der Waals surface area contributed by atoms with Crippen LogP contribution in [0.4, 0.5) is 0 Å². The zero-order chi connectivity index (χ0) is 14.4. The first-order valence-electron chi connectivity index (χ1n) is 5.78. The predicted molar refractivity (Wildman–Crippen MR) is 68.9 cm³/mol. The van der Waals surface area contributed by atoms with Crippen molar-refractivity contribution in [2.45, 2.75) is 24.5 Å². The molecule has 4 atom stereocenters. The summed E-state index contributed by atoms with van der Waals surface area (Å²) in [6.45, 7) is -0.438. The van der Waals surface area contributed by atoms with Crippen molar-refractivity contribution in [2.75, 3.05) is 6.61 Å². The van der Waals surface area contributed by atoms with E-state index in [-0.39, 0.29) is 15.9 Å². The van der Waals surface area contributed by atoms with E-state index in [1.807, 2.05) is 0 Å². The largest absolute Gasteiger partial charge is 0.394 e. The second-order valence-corrected chi connectivity index (χ2v) is 5.09. The lowest BCUT2D eigenvalue weighted by molar-refractivity contribution is -0.0521. The number of fused-ring (bicyclic) bond motifs is 1. The maximum atomic E-state index is 11.6. The van der Waals surface area contributed by atoms with Crippen molar-refractivity contribution < 1.29 is 20.1 Å². The molecule has 2 aromatic heterocycles. The number of nitrogens with zero attached hydrogens (tertiary/aromatic N) is 3. The van der Waals surface area contributed by atoms with Crippen LogP contribution in [0.25, 0.3) is 11.2 Å². The molecule has 1 saturated heterocycles. The summed E-state index contributed by atoms with van der Waals surface area (Å²) in [5.41, 5.74) is -0.145. The zero-order valence-electron chi connectivity index (χ0n) is 9.97. The highest BCUT2D eigenvalue weighted by atomic mass is 79.9. The molecule has 20 heavy (non-hydrogen) atoms. The first-order valence-corrected chi connectivity index (χ1v) is 6.57. The van der Waals surface area contributed by atoms with Crippen LogP contribution >= 0.6 is 15.9 Å². The first-order chi connectivity index (χ1) is 9.54. The van der Waals surface area contributed by atoms with Gasteiger partial charge in [0.1, 0.15) is 18.3 Å². The van der Waals surface area contributed by atoms with Crippen molar-refractivity contribution in [3.63, 3.8) is 0 Å². The third kappa shape index (κ3) is 1.88. The maximum Gasteiger partial charge on any atom is 0.278 e. The van der Waals surface area contributed by atoms with Gasteiger partial charge < -0.3 is 25.0 Å². The van der Waals surface area contributed by atoms with E-state index in [0.717, 1.165) is 0 Å². The summed E-state index contributed by atoms with van der Waals surface area (Å²) in [7, 11) is 0.